The van der Waals surface area contributed by atoms with Gasteiger partial charge >= 0.3 is 0 Å². The second-order valence-corrected chi connectivity index (χ2v) is 2.42. The van der Waals surface area contributed by atoms with Gasteiger partial charge in [0, 0.05) is 6.07 Å². The summed E-state index contributed by atoms with van der Waals surface area (Å²) >= 11 is 0. The van der Waals surface area contributed by atoms with Crippen LogP contribution in [-0.4, -0.2) is 12.2 Å². The largest absolute Gasteiger partial charge is 0.504 e. The number of hydrogen-bond acceptors (Lipinski definition) is 3. The maximum atomic E-state index is 9.34. The Kier molecular flexibility index (Phi) is 3.20. The number of phenols is 1. The van der Waals surface area contributed by atoms with Crippen molar-refractivity contribution in [3.63, 3.8) is 0 Å². The van der Waals surface area contributed by atoms with E-state index in [2.05, 4.69) is 0 Å². The third kappa shape index (κ3) is 2.40. The molecule has 0 radical (unpaired) electrons. The molecule has 1 N–H and O–H groups in total. The summed E-state index contributed by atoms with van der Waals surface area (Å²) in [5, 5.41) is 9.34. The summed E-state index contributed by atoms with van der Waals surface area (Å²) in [7, 11) is 1.56. The van der Waals surface area contributed by atoms with Crippen LogP contribution in [0.3, 0.4) is 0 Å². The van der Waals surface area contributed by atoms with Crippen LogP contribution >= 0.6 is 0 Å². The minimum Gasteiger partial charge on any atom is -0.504 e. The van der Waals surface area contributed by atoms with Crippen molar-refractivity contribution in [2.45, 2.75) is 6.92 Å². The third-order valence-corrected chi connectivity index (χ3v) is 1.50. The van der Waals surface area contributed by atoms with Gasteiger partial charge in [-0.2, -0.15) is 0 Å². The van der Waals surface area contributed by atoms with E-state index < -0.39 is 0 Å². The van der Waals surface area contributed by atoms with Crippen LogP contribution in [0.2, 0.25) is 0 Å². The van der Waals surface area contributed by atoms with E-state index >= 15 is 0 Å². The van der Waals surface area contributed by atoms with Crippen molar-refractivity contribution in [2.24, 2.45) is 0 Å². The van der Waals surface area contributed by atoms with Crippen molar-refractivity contribution in [1.82, 2.24) is 0 Å². The van der Waals surface area contributed by atoms with Crippen molar-refractivity contribution in [3.8, 4) is 17.2 Å². The molecule has 13 heavy (non-hydrogen) atoms. The Hall–Kier alpha value is -1.64. The highest BCUT2D eigenvalue weighted by atomic mass is 16.5. The Morgan fingerprint density at radius 1 is 1.38 bits per heavy atom. The second kappa shape index (κ2) is 4.40. The fraction of sp³-hybridized carbons (Fsp3) is 0.200. The first-order valence-electron chi connectivity index (χ1n) is 3.92. The molecule has 3 nitrogen and oxygen atoms in total. The van der Waals surface area contributed by atoms with Crippen molar-refractivity contribution in [1.29, 1.82) is 0 Å². The molecule has 0 aliphatic heterocycles. The topological polar surface area (TPSA) is 38.7 Å². The van der Waals surface area contributed by atoms with Gasteiger partial charge in [-0.15, -0.1) is 0 Å². The molecule has 0 aliphatic carbocycles. The fourth-order valence-corrected chi connectivity index (χ4v) is 0.857. The predicted molar refractivity (Wildman–Crippen MR) is 50.1 cm³/mol. The smallest absolute Gasteiger partial charge is 0.171 e. The van der Waals surface area contributed by atoms with E-state index in [0.29, 0.717) is 11.5 Å². The molecule has 1 rings (SSSR count). The number of hydrogen-bond donors (Lipinski definition) is 1. The monoisotopic (exact) mass is 180 g/mol. The van der Waals surface area contributed by atoms with Gasteiger partial charge in [0.2, 0.25) is 0 Å². The molecule has 0 aromatic heterocycles. The van der Waals surface area contributed by atoms with Crippen molar-refractivity contribution in [2.75, 3.05) is 7.11 Å². The van der Waals surface area contributed by atoms with E-state index in [-0.39, 0.29) is 5.75 Å². The molecule has 0 fully saturated rings. The van der Waals surface area contributed by atoms with Crippen molar-refractivity contribution in [3.05, 3.63) is 30.5 Å². The summed E-state index contributed by atoms with van der Waals surface area (Å²) in [5.74, 6) is 1.13. The fourth-order valence-electron chi connectivity index (χ4n) is 0.857. The Morgan fingerprint density at radius 3 is 2.77 bits per heavy atom. The quantitative estimate of drug-likeness (QED) is 0.725. The lowest BCUT2D eigenvalue weighted by molar-refractivity contribution is 0.390. The van der Waals surface area contributed by atoms with Crippen LogP contribution in [0.5, 0.6) is 17.2 Å². The van der Waals surface area contributed by atoms with Gasteiger partial charge in [0.25, 0.3) is 0 Å². The number of phenolic OH excluding ortho intramolecular Hbond substituents is 1. The number of allylic oxidation sites excluding steroid dienone is 1. The second-order valence-electron chi connectivity index (χ2n) is 2.42. The summed E-state index contributed by atoms with van der Waals surface area (Å²) < 4.78 is 10.1. The highest BCUT2D eigenvalue weighted by Crippen LogP contribution is 2.30. The molecule has 0 saturated heterocycles. The van der Waals surface area contributed by atoms with Gasteiger partial charge in [-0.3, -0.25) is 0 Å². The van der Waals surface area contributed by atoms with Gasteiger partial charge in [0.15, 0.2) is 11.5 Å². The maximum Gasteiger partial charge on any atom is 0.171 e. The summed E-state index contributed by atoms with van der Waals surface area (Å²) in [5.41, 5.74) is 0. The zero-order valence-corrected chi connectivity index (χ0v) is 7.65. The number of ether oxygens (including phenoxy) is 2. The predicted octanol–water partition coefficient (Wildman–Crippen LogP) is 2.31. The van der Waals surface area contributed by atoms with Gasteiger partial charge in [0.05, 0.1) is 13.4 Å². The molecule has 3 heteroatoms. The molecule has 0 heterocycles. The molecule has 1 aromatic carbocycles. The summed E-state index contributed by atoms with van der Waals surface area (Å²) in [6, 6.07) is 4.81. The van der Waals surface area contributed by atoms with Crippen LogP contribution in [0.15, 0.2) is 30.5 Å². The normalized spacial score (nSPS) is 10.3. The van der Waals surface area contributed by atoms with Crippen LogP contribution in [0, 0.1) is 0 Å². The molecular formula is C10H12O3. The average molecular weight is 180 g/mol. The van der Waals surface area contributed by atoms with Crippen LogP contribution in [0.4, 0.5) is 0 Å². The van der Waals surface area contributed by atoms with Gasteiger partial charge < -0.3 is 14.6 Å². The molecular weight excluding hydrogens is 168 g/mol. The lowest BCUT2D eigenvalue weighted by atomic mass is 10.3. The van der Waals surface area contributed by atoms with E-state index in [1.807, 2.05) is 6.92 Å². The van der Waals surface area contributed by atoms with Crippen LogP contribution in [0.1, 0.15) is 6.92 Å². The van der Waals surface area contributed by atoms with Gasteiger partial charge in [-0.1, -0.05) is 6.08 Å². The number of aromatic hydroxyl groups is 1. The van der Waals surface area contributed by atoms with Crippen LogP contribution in [-0.2, 0) is 0 Å². The Bertz CT molecular complexity index is 305. The van der Waals surface area contributed by atoms with Crippen molar-refractivity contribution >= 4 is 0 Å². The van der Waals surface area contributed by atoms with E-state index in [1.165, 1.54) is 12.3 Å². The summed E-state index contributed by atoms with van der Waals surface area (Å²) in [4.78, 5) is 0. The third-order valence-electron chi connectivity index (χ3n) is 1.50. The molecule has 0 amide bonds. The van der Waals surface area contributed by atoms with Gasteiger partial charge in [-0.25, -0.2) is 0 Å². The lowest BCUT2D eigenvalue weighted by Crippen LogP contribution is -1.86. The van der Waals surface area contributed by atoms with Gasteiger partial charge in [0.1, 0.15) is 5.75 Å². The average Bonchev–Trinajstić information content (AvgIpc) is 2.17. The molecule has 0 saturated carbocycles. The summed E-state index contributed by atoms with van der Waals surface area (Å²) in [6.45, 7) is 1.83. The van der Waals surface area contributed by atoms with E-state index in [1.54, 1.807) is 25.3 Å². The first kappa shape index (κ1) is 9.45. The highest BCUT2D eigenvalue weighted by Gasteiger charge is 2.02. The molecule has 1 aromatic rings. The van der Waals surface area contributed by atoms with Crippen LogP contribution in [0.25, 0.3) is 0 Å². The lowest BCUT2D eigenvalue weighted by Gasteiger charge is -2.05. The van der Waals surface area contributed by atoms with E-state index in [0.717, 1.165) is 0 Å². The Labute approximate surface area is 77.2 Å². The van der Waals surface area contributed by atoms with Gasteiger partial charge in [-0.05, 0) is 19.1 Å². The number of methoxy groups -OCH3 is 1. The Morgan fingerprint density at radius 2 is 2.15 bits per heavy atom. The standard InChI is InChI=1S/C10H12O3/c1-3-6-13-10-7-8(12-2)4-5-9(10)11/h3-7,11H,1-2H3. The van der Waals surface area contributed by atoms with E-state index in [9.17, 15) is 5.11 Å². The number of rotatable bonds is 3. The minimum absolute atomic E-state index is 0.0962. The zero-order valence-electron chi connectivity index (χ0n) is 7.65. The molecule has 0 aliphatic rings. The Balaban J connectivity index is 2.90. The molecule has 70 valence electrons. The SMILES string of the molecule is CC=COc1cc(OC)ccc1O. The molecule has 0 bridgehead atoms. The van der Waals surface area contributed by atoms with Crippen molar-refractivity contribution < 1.29 is 14.6 Å². The van der Waals surface area contributed by atoms with Crippen LogP contribution < -0.4 is 9.47 Å². The molecule has 0 unspecified atom stereocenters. The van der Waals surface area contributed by atoms with E-state index in [4.69, 9.17) is 9.47 Å². The highest BCUT2D eigenvalue weighted by molar-refractivity contribution is 5.44. The molecule has 0 spiro atoms. The maximum absolute atomic E-state index is 9.34. The zero-order chi connectivity index (χ0) is 9.68. The molecule has 0 atom stereocenters. The minimum atomic E-state index is 0.0962. The number of benzene rings is 1. The summed E-state index contributed by atoms with van der Waals surface area (Å²) in [6.07, 6.45) is 3.23. The first-order chi connectivity index (χ1) is 6.27. The first-order valence-corrected chi connectivity index (χ1v) is 3.92.